The highest BCUT2D eigenvalue weighted by Crippen LogP contribution is 2.40. The van der Waals surface area contributed by atoms with Crippen molar-refractivity contribution >= 4 is 11.6 Å². The number of hydrazone groups is 1. The van der Waals surface area contributed by atoms with Crippen LogP contribution in [0.4, 0.5) is 0 Å². The number of fused-ring (bicyclic) bond motifs is 1. The Morgan fingerprint density at radius 1 is 1.07 bits per heavy atom. The van der Waals surface area contributed by atoms with Crippen LogP contribution in [0.15, 0.2) is 65.8 Å². The largest absolute Gasteiger partial charge is 0.494 e. The zero-order valence-corrected chi connectivity index (χ0v) is 15.9. The van der Waals surface area contributed by atoms with Crippen LogP contribution in [0.3, 0.4) is 0 Å². The van der Waals surface area contributed by atoms with Gasteiger partial charge < -0.3 is 9.47 Å². The van der Waals surface area contributed by atoms with E-state index in [1.165, 1.54) is 0 Å². The maximum absolute atomic E-state index is 12.3. The summed E-state index contributed by atoms with van der Waals surface area (Å²) in [4.78, 5) is 12.3. The summed E-state index contributed by atoms with van der Waals surface area (Å²) in [5, 5.41) is 4.31. The van der Waals surface area contributed by atoms with E-state index in [2.05, 4.69) is 22.7 Å². The molecule has 2 aromatic carbocycles. The number of hydrogen-bond donors (Lipinski definition) is 1. The first-order valence-corrected chi connectivity index (χ1v) is 9.71. The first-order valence-electron chi connectivity index (χ1n) is 9.71. The summed E-state index contributed by atoms with van der Waals surface area (Å²) in [5.74, 6) is 2.56. The highest BCUT2D eigenvalue weighted by Gasteiger charge is 2.38. The molecule has 2 unspecified atom stereocenters. The molecule has 0 aliphatic heterocycles. The highest BCUT2D eigenvalue weighted by atomic mass is 16.5. The second kappa shape index (κ2) is 8.30. The van der Waals surface area contributed by atoms with E-state index >= 15 is 0 Å². The van der Waals surface area contributed by atoms with E-state index in [9.17, 15) is 4.79 Å². The molecular weight excluding hydrogens is 352 g/mol. The van der Waals surface area contributed by atoms with Crippen molar-refractivity contribution < 1.29 is 14.3 Å². The zero-order chi connectivity index (χ0) is 19.3. The summed E-state index contributed by atoms with van der Waals surface area (Å²) in [6.45, 7) is 3.04. The lowest BCUT2D eigenvalue weighted by atomic mass is 9.74. The number of nitrogens with zero attached hydrogens (tertiary/aromatic N) is 1. The predicted molar refractivity (Wildman–Crippen MR) is 109 cm³/mol. The smallest absolute Gasteiger partial charge is 0.271 e. The molecule has 2 atom stereocenters. The lowest BCUT2D eigenvalue weighted by molar-refractivity contribution is 0.0954. The van der Waals surface area contributed by atoms with Gasteiger partial charge in [0, 0.05) is 17.2 Å². The minimum atomic E-state index is -0.180. The first kappa shape index (κ1) is 18.3. The van der Waals surface area contributed by atoms with Gasteiger partial charge in [-0.05, 0) is 67.6 Å². The van der Waals surface area contributed by atoms with Gasteiger partial charge in [-0.2, -0.15) is 5.10 Å². The van der Waals surface area contributed by atoms with E-state index in [1.54, 1.807) is 12.1 Å². The van der Waals surface area contributed by atoms with E-state index in [4.69, 9.17) is 9.47 Å². The molecule has 5 nitrogen and oxygen atoms in total. The quantitative estimate of drug-likeness (QED) is 0.577. The molecule has 144 valence electrons. The molecule has 1 N–H and O–H groups in total. The van der Waals surface area contributed by atoms with Crippen LogP contribution in [0, 0.1) is 11.8 Å². The molecule has 0 radical (unpaired) electrons. The van der Waals surface area contributed by atoms with Gasteiger partial charge in [0.1, 0.15) is 18.1 Å². The maximum atomic E-state index is 12.3. The minimum Gasteiger partial charge on any atom is -0.494 e. The lowest BCUT2D eigenvalue weighted by Crippen LogP contribution is -2.35. The predicted octanol–water partition coefficient (Wildman–Crippen LogP) is 4.35. The van der Waals surface area contributed by atoms with Gasteiger partial charge in [0.05, 0.1) is 6.61 Å². The number of hydrogen-bond acceptors (Lipinski definition) is 4. The van der Waals surface area contributed by atoms with Gasteiger partial charge >= 0.3 is 0 Å². The average Bonchev–Trinajstić information content (AvgIpc) is 3.09. The van der Waals surface area contributed by atoms with Crippen molar-refractivity contribution in [3.8, 4) is 11.5 Å². The molecule has 0 saturated heterocycles. The summed E-state index contributed by atoms with van der Waals surface area (Å²) < 4.78 is 11.2. The Morgan fingerprint density at radius 2 is 1.79 bits per heavy atom. The molecule has 0 spiro atoms. The van der Waals surface area contributed by atoms with E-state index in [-0.39, 0.29) is 5.91 Å². The summed E-state index contributed by atoms with van der Waals surface area (Å²) in [5.41, 5.74) is 5.37. The van der Waals surface area contributed by atoms with Crippen molar-refractivity contribution in [2.24, 2.45) is 16.9 Å². The molecule has 1 amide bonds. The maximum Gasteiger partial charge on any atom is 0.271 e. The molecule has 1 saturated carbocycles. The fraction of sp³-hybridized carbons (Fsp3) is 0.304. The highest BCUT2D eigenvalue weighted by molar-refractivity contribution is 5.98. The molecule has 1 fully saturated rings. The van der Waals surface area contributed by atoms with Crippen LogP contribution in [0.5, 0.6) is 11.5 Å². The van der Waals surface area contributed by atoms with E-state index in [0.29, 0.717) is 30.6 Å². The minimum absolute atomic E-state index is 0.180. The molecule has 28 heavy (non-hydrogen) atoms. The topological polar surface area (TPSA) is 59.9 Å². The Balaban J connectivity index is 1.27. The molecule has 2 aliphatic carbocycles. The molecular formula is C23H24N2O3. The average molecular weight is 376 g/mol. The summed E-state index contributed by atoms with van der Waals surface area (Å²) in [6, 6.07) is 14.9. The van der Waals surface area contributed by atoms with E-state index in [1.807, 2.05) is 43.3 Å². The van der Waals surface area contributed by atoms with Gasteiger partial charge in [0.15, 0.2) is 0 Å². The van der Waals surface area contributed by atoms with Gasteiger partial charge in [-0.3, -0.25) is 4.79 Å². The van der Waals surface area contributed by atoms with Crippen LogP contribution in [0.25, 0.3) is 0 Å². The Kier molecular flexibility index (Phi) is 5.42. The Bertz CT molecular complexity index is 885. The fourth-order valence-electron chi connectivity index (χ4n) is 3.57. The summed E-state index contributed by atoms with van der Waals surface area (Å²) in [7, 11) is 0. The number of carbonyl (C=O) groups excluding carboxylic acids is 1. The summed E-state index contributed by atoms with van der Waals surface area (Å²) in [6.07, 6.45) is 6.46. The van der Waals surface area contributed by atoms with Crippen LogP contribution in [0.2, 0.25) is 0 Å². The van der Waals surface area contributed by atoms with Gasteiger partial charge in [-0.15, -0.1) is 0 Å². The second-order valence-electron chi connectivity index (χ2n) is 7.07. The van der Waals surface area contributed by atoms with Crippen molar-refractivity contribution in [1.29, 1.82) is 0 Å². The molecule has 5 heteroatoms. The number of nitrogens with one attached hydrogen (secondary N) is 1. The van der Waals surface area contributed by atoms with E-state index in [0.717, 1.165) is 35.6 Å². The summed E-state index contributed by atoms with van der Waals surface area (Å²) >= 11 is 0. The molecule has 2 aromatic rings. The van der Waals surface area contributed by atoms with Crippen LogP contribution < -0.4 is 14.9 Å². The van der Waals surface area contributed by atoms with Crippen molar-refractivity contribution in [2.45, 2.75) is 26.4 Å². The third kappa shape index (κ3) is 4.09. The van der Waals surface area contributed by atoms with Crippen molar-refractivity contribution in [3.63, 3.8) is 0 Å². The number of amides is 1. The van der Waals surface area contributed by atoms with Gasteiger partial charge in [-0.1, -0.05) is 24.3 Å². The van der Waals surface area contributed by atoms with Crippen molar-refractivity contribution in [2.75, 3.05) is 6.61 Å². The second-order valence-corrected chi connectivity index (χ2v) is 7.07. The number of benzene rings is 2. The van der Waals surface area contributed by atoms with Gasteiger partial charge in [-0.25, -0.2) is 5.43 Å². The molecule has 0 aromatic heterocycles. The van der Waals surface area contributed by atoms with Crippen LogP contribution in [0.1, 0.15) is 35.7 Å². The number of rotatable bonds is 7. The SMILES string of the molecule is CCOc1ccc(OCc2ccc(C(=O)N/N=C3\CC4C=CCC34)cc2)cc1. The molecule has 0 heterocycles. The Hall–Kier alpha value is -3.08. The first-order chi connectivity index (χ1) is 13.7. The molecule has 4 rings (SSSR count). The van der Waals surface area contributed by atoms with E-state index < -0.39 is 0 Å². The van der Waals surface area contributed by atoms with Crippen LogP contribution >= 0.6 is 0 Å². The molecule has 0 bridgehead atoms. The monoisotopic (exact) mass is 376 g/mol. The van der Waals surface area contributed by atoms with Gasteiger partial charge in [0.2, 0.25) is 0 Å². The normalized spacial score (nSPS) is 21.1. The van der Waals surface area contributed by atoms with Crippen LogP contribution in [-0.4, -0.2) is 18.2 Å². The number of allylic oxidation sites excluding steroid dienone is 2. The lowest BCUT2D eigenvalue weighted by Gasteiger charge is -2.31. The zero-order valence-electron chi connectivity index (χ0n) is 15.9. The Morgan fingerprint density at radius 3 is 2.46 bits per heavy atom. The third-order valence-corrected chi connectivity index (χ3v) is 5.22. The number of ether oxygens (including phenoxy) is 2. The van der Waals surface area contributed by atoms with Crippen molar-refractivity contribution in [1.82, 2.24) is 5.43 Å². The Labute approximate surface area is 165 Å². The number of carbonyl (C=O) groups is 1. The third-order valence-electron chi connectivity index (χ3n) is 5.22. The van der Waals surface area contributed by atoms with Gasteiger partial charge in [0.25, 0.3) is 5.91 Å². The van der Waals surface area contributed by atoms with Crippen LogP contribution in [-0.2, 0) is 6.61 Å². The fourth-order valence-corrected chi connectivity index (χ4v) is 3.57. The molecule has 2 aliphatic rings. The van der Waals surface area contributed by atoms with Crippen molar-refractivity contribution in [3.05, 3.63) is 71.8 Å². The standard InChI is InChI=1S/C23H24N2O3/c1-2-27-19-10-12-20(13-11-19)28-15-16-6-8-17(9-7-16)23(26)25-24-22-14-18-4-3-5-21(18)22/h3-4,6-13,18,21H,2,5,14-15H2,1H3,(H,25,26)/b24-22+.